The van der Waals surface area contributed by atoms with E-state index >= 15 is 0 Å². The molecule has 1 atom stereocenters. The number of sulfonamides is 1. The second-order valence-corrected chi connectivity index (χ2v) is 10.3. The predicted molar refractivity (Wildman–Crippen MR) is 117 cm³/mol. The summed E-state index contributed by atoms with van der Waals surface area (Å²) >= 11 is 0. The SMILES string of the molecule is C=CC(CC/C=C/Cc1ccc(S(=O)(=O)N=[N+]=[N-])cc1)c1ccc(S(C)(=O)=O)cc1. The summed E-state index contributed by atoms with van der Waals surface area (Å²) in [6.45, 7) is 3.87. The minimum Gasteiger partial charge on any atom is -0.224 e. The fourth-order valence-electron chi connectivity index (χ4n) is 2.89. The zero-order valence-corrected chi connectivity index (χ0v) is 18.2. The second kappa shape index (κ2) is 10.2. The molecule has 0 aliphatic carbocycles. The minimum absolute atomic E-state index is 0.0382. The third-order valence-corrected chi connectivity index (χ3v) is 6.84. The van der Waals surface area contributed by atoms with E-state index in [-0.39, 0.29) is 10.8 Å². The van der Waals surface area contributed by atoms with Gasteiger partial charge in [-0.3, -0.25) is 0 Å². The Bertz CT molecular complexity index is 1160. The molecule has 0 fully saturated rings. The van der Waals surface area contributed by atoms with Gasteiger partial charge in [0.25, 0.3) is 10.0 Å². The maximum atomic E-state index is 11.6. The monoisotopic (exact) mass is 445 g/mol. The Morgan fingerprint density at radius 2 is 1.60 bits per heavy atom. The van der Waals surface area contributed by atoms with Gasteiger partial charge in [-0.2, -0.15) is 0 Å². The smallest absolute Gasteiger partial charge is 0.224 e. The summed E-state index contributed by atoms with van der Waals surface area (Å²) in [7, 11) is -7.17. The fraction of sp³-hybridized carbons (Fsp3) is 0.238. The summed E-state index contributed by atoms with van der Waals surface area (Å²) in [5.41, 5.74) is 10.2. The van der Waals surface area contributed by atoms with Crippen molar-refractivity contribution in [3.8, 4) is 0 Å². The Balaban J connectivity index is 1.91. The Morgan fingerprint density at radius 1 is 1.00 bits per heavy atom. The van der Waals surface area contributed by atoms with Crippen molar-refractivity contribution in [1.82, 2.24) is 0 Å². The number of rotatable bonds is 10. The van der Waals surface area contributed by atoms with Gasteiger partial charge in [-0.05, 0) is 60.2 Å². The van der Waals surface area contributed by atoms with Crippen LogP contribution >= 0.6 is 0 Å². The molecular formula is C21H23N3O4S2. The van der Waals surface area contributed by atoms with Crippen molar-refractivity contribution in [2.45, 2.75) is 35.0 Å². The van der Waals surface area contributed by atoms with Crippen molar-refractivity contribution in [3.05, 3.63) is 94.9 Å². The maximum absolute atomic E-state index is 11.6. The Kier molecular flexibility index (Phi) is 8.00. The molecule has 0 saturated heterocycles. The molecule has 7 nitrogen and oxygen atoms in total. The van der Waals surface area contributed by atoms with Crippen molar-refractivity contribution >= 4 is 19.9 Å². The van der Waals surface area contributed by atoms with Crippen molar-refractivity contribution in [2.24, 2.45) is 4.52 Å². The van der Waals surface area contributed by atoms with E-state index in [1.165, 1.54) is 18.4 Å². The highest BCUT2D eigenvalue weighted by Crippen LogP contribution is 2.24. The molecule has 0 amide bonds. The van der Waals surface area contributed by atoms with Gasteiger partial charge in [0.2, 0.25) is 0 Å². The van der Waals surface area contributed by atoms with Gasteiger partial charge in [-0.1, -0.05) is 42.5 Å². The van der Waals surface area contributed by atoms with Crippen molar-refractivity contribution in [2.75, 3.05) is 6.26 Å². The van der Waals surface area contributed by atoms with E-state index in [1.807, 2.05) is 30.4 Å². The van der Waals surface area contributed by atoms with Crippen LogP contribution in [0.4, 0.5) is 0 Å². The lowest BCUT2D eigenvalue weighted by atomic mass is 9.94. The molecule has 2 aromatic carbocycles. The predicted octanol–water partition coefficient (Wildman–Crippen LogP) is 4.94. The first-order valence-corrected chi connectivity index (χ1v) is 12.5. The molecule has 9 heteroatoms. The van der Waals surface area contributed by atoms with Crippen molar-refractivity contribution in [1.29, 1.82) is 0 Å². The summed E-state index contributed by atoms with van der Waals surface area (Å²) in [4.78, 5) is 2.59. The average molecular weight is 446 g/mol. The molecule has 1 unspecified atom stereocenters. The van der Waals surface area contributed by atoms with Gasteiger partial charge in [0.1, 0.15) is 0 Å². The van der Waals surface area contributed by atoms with Crippen molar-refractivity contribution < 1.29 is 16.8 Å². The molecule has 0 radical (unpaired) electrons. The molecule has 2 rings (SSSR count). The number of nitrogens with zero attached hydrogens (tertiary/aromatic N) is 3. The number of hydrogen-bond acceptors (Lipinski definition) is 4. The van der Waals surface area contributed by atoms with E-state index in [9.17, 15) is 16.8 Å². The topological polar surface area (TPSA) is 117 Å². The Morgan fingerprint density at radius 3 is 2.13 bits per heavy atom. The van der Waals surface area contributed by atoms with Crippen LogP contribution in [0.1, 0.15) is 29.9 Å². The third-order valence-electron chi connectivity index (χ3n) is 4.55. The summed E-state index contributed by atoms with van der Waals surface area (Å²) in [6.07, 6.45) is 9.38. The first-order valence-electron chi connectivity index (χ1n) is 9.15. The van der Waals surface area contributed by atoms with Gasteiger partial charge >= 0.3 is 0 Å². The summed E-state index contributed by atoms with van der Waals surface area (Å²) < 4.78 is 49.2. The van der Waals surface area contributed by atoms with Crippen LogP contribution in [0.15, 0.2) is 87.6 Å². The van der Waals surface area contributed by atoms with E-state index in [0.717, 1.165) is 24.0 Å². The first-order chi connectivity index (χ1) is 14.2. The first kappa shape index (κ1) is 23.4. The lowest BCUT2D eigenvalue weighted by Crippen LogP contribution is -1.99. The quantitative estimate of drug-likeness (QED) is 0.223. The molecule has 0 saturated carbocycles. The highest BCUT2D eigenvalue weighted by molar-refractivity contribution is 7.90. The maximum Gasteiger partial charge on any atom is 0.264 e. The number of sulfone groups is 1. The van der Waals surface area contributed by atoms with E-state index < -0.39 is 19.9 Å². The molecule has 0 aliphatic rings. The number of benzene rings is 2. The summed E-state index contributed by atoms with van der Waals surface area (Å²) in [5, 5.41) is 0. The van der Waals surface area contributed by atoms with Gasteiger partial charge < -0.3 is 0 Å². The van der Waals surface area contributed by atoms with Crippen LogP contribution in [-0.2, 0) is 26.3 Å². The lowest BCUT2D eigenvalue weighted by Gasteiger charge is -2.12. The van der Waals surface area contributed by atoms with E-state index in [1.54, 1.807) is 24.3 Å². The molecule has 0 aromatic heterocycles. The zero-order chi connectivity index (χ0) is 22.2. The normalized spacial score (nSPS) is 13.0. The molecule has 0 N–H and O–H groups in total. The molecule has 0 spiro atoms. The standard InChI is InChI=1S/C21H23N3O4S2/c1-3-18(19-11-15-20(16-12-19)29(2,25)26)8-6-4-5-7-17-9-13-21(14-10-17)30(27,28)24-23-22/h3-5,9-16,18H,1,6-8H2,2H3/b5-4+. The number of azide groups is 1. The molecule has 0 aliphatic heterocycles. The van der Waals surface area contributed by atoms with E-state index in [0.29, 0.717) is 11.3 Å². The number of allylic oxidation sites excluding steroid dienone is 3. The molecule has 0 heterocycles. The summed E-state index contributed by atoms with van der Waals surface area (Å²) in [6, 6.07) is 13.1. The Hall–Kier alpha value is -2.87. The second-order valence-electron chi connectivity index (χ2n) is 6.73. The van der Waals surface area contributed by atoms with Gasteiger partial charge in [0, 0.05) is 21.6 Å². The van der Waals surface area contributed by atoms with Crippen LogP contribution in [-0.4, -0.2) is 23.1 Å². The van der Waals surface area contributed by atoms with Crippen LogP contribution < -0.4 is 0 Å². The fourth-order valence-corrected chi connectivity index (χ4v) is 4.19. The molecule has 158 valence electrons. The van der Waals surface area contributed by atoms with Crippen molar-refractivity contribution in [3.63, 3.8) is 0 Å². The third kappa shape index (κ3) is 6.59. The number of hydrogen-bond donors (Lipinski definition) is 0. The largest absolute Gasteiger partial charge is 0.264 e. The van der Waals surface area contributed by atoms with E-state index in [2.05, 4.69) is 16.0 Å². The van der Waals surface area contributed by atoms with E-state index in [4.69, 9.17) is 5.53 Å². The van der Waals surface area contributed by atoms with Crippen LogP contribution in [0.5, 0.6) is 0 Å². The zero-order valence-electron chi connectivity index (χ0n) is 16.5. The average Bonchev–Trinajstić information content (AvgIpc) is 2.70. The van der Waals surface area contributed by atoms with Gasteiger partial charge in [-0.25, -0.2) is 16.8 Å². The van der Waals surface area contributed by atoms with Crippen LogP contribution in [0.2, 0.25) is 0 Å². The van der Waals surface area contributed by atoms with Gasteiger partial charge in [0.15, 0.2) is 9.84 Å². The summed E-state index contributed by atoms with van der Waals surface area (Å²) in [5.74, 6) is 0.119. The molecule has 0 bridgehead atoms. The van der Waals surface area contributed by atoms with Gasteiger partial charge in [0.05, 0.1) is 9.79 Å². The van der Waals surface area contributed by atoms with Crippen LogP contribution in [0.25, 0.3) is 10.4 Å². The van der Waals surface area contributed by atoms with Gasteiger partial charge in [-0.15, -0.1) is 6.58 Å². The minimum atomic E-state index is -3.96. The van der Waals surface area contributed by atoms with Crippen LogP contribution in [0.3, 0.4) is 0 Å². The molecule has 2 aromatic rings. The lowest BCUT2D eigenvalue weighted by molar-refractivity contribution is 0.597. The van der Waals surface area contributed by atoms with Crippen LogP contribution in [0, 0.1) is 0 Å². The highest BCUT2D eigenvalue weighted by atomic mass is 32.2. The molecule has 30 heavy (non-hydrogen) atoms. The molecular weight excluding hydrogens is 422 g/mol. The Labute approximate surface area is 177 Å². The highest BCUT2D eigenvalue weighted by Gasteiger charge is 2.11.